The number of ether oxygens (including phenoxy) is 2. The summed E-state index contributed by atoms with van der Waals surface area (Å²) in [6, 6.07) is 3.25. The quantitative estimate of drug-likeness (QED) is 0.775. The zero-order chi connectivity index (χ0) is 12.1. The third-order valence-electron chi connectivity index (χ3n) is 2.19. The van der Waals surface area contributed by atoms with Crippen molar-refractivity contribution in [1.82, 2.24) is 0 Å². The monoisotopic (exact) mass is 227 g/mol. The van der Waals surface area contributed by atoms with Gasteiger partial charge < -0.3 is 15.2 Å². The number of carbonyl (C=O) groups excluding carboxylic acids is 1. The predicted molar refractivity (Wildman–Crippen MR) is 56.6 cm³/mol. The Morgan fingerprint density at radius 1 is 1.50 bits per heavy atom. The lowest BCUT2D eigenvalue weighted by atomic mass is 10.1. The minimum atomic E-state index is -0.819. The van der Waals surface area contributed by atoms with Crippen molar-refractivity contribution in [2.75, 3.05) is 14.2 Å². The molecule has 0 fully saturated rings. The van der Waals surface area contributed by atoms with E-state index in [9.17, 15) is 9.18 Å². The van der Waals surface area contributed by atoms with Crippen molar-refractivity contribution in [2.24, 2.45) is 5.73 Å². The van der Waals surface area contributed by atoms with Crippen LogP contribution in [0.1, 0.15) is 5.56 Å². The summed E-state index contributed by atoms with van der Waals surface area (Å²) < 4.78 is 22.5. The Bertz CT molecular complexity index is 381. The third kappa shape index (κ3) is 2.93. The van der Waals surface area contributed by atoms with Gasteiger partial charge in [-0.15, -0.1) is 0 Å². The number of benzene rings is 1. The number of carbonyl (C=O) groups is 1. The lowest BCUT2D eigenvalue weighted by molar-refractivity contribution is -0.142. The van der Waals surface area contributed by atoms with Gasteiger partial charge in [-0.1, -0.05) is 0 Å². The van der Waals surface area contributed by atoms with E-state index in [0.29, 0.717) is 11.3 Å². The topological polar surface area (TPSA) is 61.5 Å². The summed E-state index contributed by atoms with van der Waals surface area (Å²) in [5, 5.41) is 0. The average Bonchev–Trinajstić information content (AvgIpc) is 2.28. The van der Waals surface area contributed by atoms with E-state index in [4.69, 9.17) is 10.5 Å². The number of nitrogens with two attached hydrogens (primary N) is 1. The molecule has 0 unspecified atom stereocenters. The number of hydrogen-bond acceptors (Lipinski definition) is 4. The molecule has 4 nitrogen and oxygen atoms in total. The maximum absolute atomic E-state index is 13.0. The molecule has 1 aromatic rings. The lowest BCUT2D eigenvalue weighted by Gasteiger charge is -2.12. The van der Waals surface area contributed by atoms with Crippen molar-refractivity contribution in [2.45, 2.75) is 12.5 Å². The van der Waals surface area contributed by atoms with Crippen molar-refractivity contribution in [3.63, 3.8) is 0 Å². The molecule has 0 saturated carbocycles. The molecule has 2 N–H and O–H groups in total. The summed E-state index contributed by atoms with van der Waals surface area (Å²) in [5.41, 5.74) is 6.12. The first-order chi connectivity index (χ1) is 7.58. The van der Waals surface area contributed by atoms with Gasteiger partial charge in [0, 0.05) is 6.42 Å². The van der Waals surface area contributed by atoms with Crippen molar-refractivity contribution >= 4 is 5.97 Å². The Labute approximate surface area is 93.2 Å². The SMILES string of the molecule is COC(=O)[C@H](N)Cc1cc(F)ccc1OC. The minimum absolute atomic E-state index is 0.174. The Morgan fingerprint density at radius 3 is 2.75 bits per heavy atom. The van der Waals surface area contributed by atoms with Gasteiger partial charge in [0.15, 0.2) is 0 Å². The summed E-state index contributed by atoms with van der Waals surface area (Å²) >= 11 is 0. The Hall–Kier alpha value is -1.62. The Balaban J connectivity index is 2.86. The first-order valence-corrected chi connectivity index (χ1v) is 4.74. The van der Waals surface area contributed by atoms with Crippen LogP contribution in [0.25, 0.3) is 0 Å². The molecular formula is C11H14FNO3. The molecule has 5 heteroatoms. The standard InChI is InChI=1S/C11H14FNO3/c1-15-10-4-3-8(12)5-7(10)6-9(13)11(14)16-2/h3-5,9H,6,13H2,1-2H3/t9-/m1/s1. The second-order valence-corrected chi connectivity index (χ2v) is 3.29. The van der Waals surface area contributed by atoms with E-state index in [-0.39, 0.29) is 6.42 Å². The van der Waals surface area contributed by atoms with Crippen molar-refractivity contribution in [1.29, 1.82) is 0 Å². The van der Waals surface area contributed by atoms with E-state index in [1.807, 2.05) is 0 Å². The lowest BCUT2D eigenvalue weighted by Crippen LogP contribution is -2.33. The Morgan fingerprint density at radius 2 is 2.19 bits per heavy atom. The van der Waals surface area contributed by atoms with E-state index in [1.54, 1.807) is 0 Å². The molecule has 0 aliphatic rings. The van der Waals surface area contributed by atoms with Gasteiger partial charge in [-0.2, -0.15) is 0 Å². The van der Waals surface area contributed by atoms with Gasteiger partial charge in [0.05, 0.1) is 14.2 Å². The van der Waals surface area contributed by atoms with Crippen LogP contribution in [0.2, 0.25) is 0 Å². The van der Waals surface area contributed by atoms with Crippen LogP contribution in [0.5, 0.6) is 5.75 Å². The Kier molecular flexibility index (Phi) is 4.25. The van der Waals surface area contributed by atoms with E-state index < -0.39 is 17.8 Å². The normalized spacial score (nSPS) is 12.0. The van der Waals surface area contributed by atoms with Gasteiger partial charge in [-0.3, -0.25) is 4.79 Å². The van der Waals surface area contributed by atoms with Gasteiger partial charge in [0.25, 0.3) is 0 Å². The summed E-state index contributed by atoms with van der Waals surface area (Å²) in [7, 11) is 2.73. The van der Waals surface area contributed by atoms with Crippen LogP contribution in [-0.4, -0.2) is 26.2 Å². The number of rotatable bonds is 4. The highest BCUT2D eigenvalue weighted by Crippen LogP contribution is 2.20. The highest BCUT2D eigenvalue weighted by Gasteiger charge is 2.17. The summed E-state index contributed by atoms with van der Waals surface area (Å²) in [4.78, 5) is 11.1. The molecule has 0 aromatic heterocycles. The van der Waals surface area contributed by atoms with Crippen molar-refractivity contribution in [3.8, 4) is 5.75 Å². The third-order valence-corrected chi connectivity index (χ3v) is 2.19. The molecule has 1 aromatic carbocycles. The molecule has 16 heavy (non-hydrogen) atoms. The molecule has 0 heterocycles. The largest absolute Gasteiger partial charge is 0.496 e. The fourth-order valence-electron chi connectivity index (χ4n) is 1.38. The second-order valence-electron chi connectivity index (χ2n) is 3.29. The minimum Gasteiger partial charge on any atom is -0.496 e. The first-order valence-electron chi connectivity index (χ1n) is 4.74. The summed E-state index contributed by atoms with van der Waals surface area (Å²) in [6.45, 7) is 0. The van der Waals surface area contributed by atoms with E-state index in [0.717, 1.165) is 0 Å². The predicted octanol–water partition coefficient (Wildman–Crippen LogP) is 0.877. The molecule has 0 radical (unpaired) electrons. The van der Waals surface area contributed by atoms with Crippen molar-refractivity contribution in [3.05, 3.63) is 29.6 Å². The maximum atomic E-state index is 13.0. The second kappa shape index (κ2) is 5.46. The molecule has 1 rings (SSSR count). The number of esters is 1. The molecular weight excluding hydrogens is 213 g/mol. The molecule has 0 amide bonds. The summed E-state index contributed by atoms with van der Waals surface area (Å²) in [5.74, 6) is -0.431. The molecule has 0 spiro atoms. The van der Waals surface area contributed by atoms with Crippen LogP contribution in [0.4, 0.5) is 4.39 Å². The first kappa shape index (κ1) is 12.4. The number of hydrogen-bond donors (Lipinski definition) is 1. The highest BCUT2D eigenvalue weighted by atomic mass is 19.1. The van der Waals surface area contributed by atoms with Gasteiger partial charge in [-0.05, 0) is 23.8 Å². The number of halogens is 1. The average molecular weight is 227 g/mol. The molecule has 88 valence electrons. The zero-order valence-corrected chi connectivity index (χ0v) is 9.20. The van der Waals surface area contributed by atoms with Crippen LogP contribution in [0.3, 0.4) is 0 Å². The molecule has 1 atom stereocenters. The van der Waals surface area contributed by atoms with E-state index >= 15 is 0 Å². The molecule has 0 bridgehead atoms. The van der Waals surface area contributed by atoms with E-state index in [2.05, 4.69) is 4.74 Å². The van der Waals surface area contributed by atoms with Crippen LogP contribution >= 0.6 is 0 Å². The van der Waals surface area contributed by atoms with Crippen LogP contribution in [0.15, 0.2) is 18.2 Å². The maximum Gasteiger partial charge on any atom is 0.322 e. The van der Waals surface area contributed by atoms with Crippen LogP contribution < -0.4 is 10.5 Å². The van der Waals surface area contributed by atoms with Crippen LogP contribution in [0, 0.1) is 5.82 Å². The molecule has 0 aliphatic heterocycles. The van der Waals surface area contributed by atoms with Gasteiger partial charge in [0.1, 0.15) is 17.6 Å². The molecule has 0 aliphatic carbocycles. The number of methoxy groups -OCH3 is 2. The van der Waals surface area contributed by atoms with Crippen molar-refractivity contribution < 1.29 is 18.7 Å². The smallest absolute Gasteiger partial charge is 0.322 e. The van der Waals surface area contributed by atoms with Gasteiger partial charge in [-0.25, -0.2) is 4.39 Å². The van der Waals surface area contributed by atoms with Gasteiger partial charge in [0.2, 0.25) is 0 Å². The van der Waals surface area contributed by atoms with Crippen LogP contribution in [-0.2, 0) is 16.0 Å². The highest BCUT2D eigenvalue weighted by molar-refractivity contribution is 5.75. The zero-order valence-electron chi connectivity index (χ0n) is 9.20. The molecule has 0 saturated heterocycles. The fraction of sp³-hybridized carbons (Fsp3) is 0.364. The summed E-state index contributed by atoms with van der Waals surface area (Å²) in [6.07, 6.45) is 0.174. The fourth-order valence-corrected chi connectivity index (χ4v) is 1.38. The van der Waals surface area contributed by atoms with Gasteiger partial charge >= 0.3 is 5.97 Å². The van der Waals surface area contributed by atoms with E-state index in [1.165, 1.54) is 32.4 Å².